The second-order valence-electron chi connectivity index (χ2n) is 6.64. The Bertz CT molecular complexity index is 789. The standard InChI is InChI=1S/C19H23N5O2/c20-15-12-16(23-18(21)22-15)24-11-5-10-19(13-24,17(25)26)9-4-8-14-6-2-1-3-7-14/h1-4,6-8,12H,5,9-11,13H2,(H,25,26)(H4,20,21,22,23). The van der Waals surface area contributed by atoms with Crippen molar-refractivity contribution in [1.29, 1.82) is 0 Å². The molecule has 1 aromatic heterocycles. The Kier molecular flexibility index (Phi) is 5.06. The fourth-order valence-corrected chi connectivity index (χ4v) is 3.37. The molecule has 7 heteroatoms. The maximum atomic E-state index is 12.1. The molecular weight excluding hydrogens is 330 g/mol. The molecule has 136 valence electrons. The SMILES string of the molecule is Nc1cc(N2CCCC(CC=Cc3ccccc3)(C(=O)O)C2)nc(N)n1. The zero-order chi connectivity index (χ0) is 18.6. The Hall–Kier alpha value is -3.09. The van der Waals surface area contributed by atoms with Crippen LogP contribution in [0.5, 0.6) is 0 Å². The van der Waals surface area contributed by atoms with E-state index in [0.717, 1.165) is 12.0 Å². The van der Waals surface area contributed by atoms with E-state index in [1.807, 2.05) is 47.4 Å². The van der Waals surface area contributed by atoms with Gasteiger partial charge in [0.05, 0.1) is 5.41 Å². The summed E-state index contributed by atoms with van der Waals surface area (Å²) < 4.78 is 0. The molecule has 3 rings (SSSR count). The van der Waals surface area contributed by atoms with Crippen molar-refractivity contribution in [3.63, 3.8) is 0 Å². The molecule has 1 aromatic carbocycles. The first-order valence-corrected chi connectivity index (χ1v) is 8.58. The zero-order valence-corrected chi connectivity index (χ0v) is 14.5. The fraction of sp³-hybridized carbons (Fsp3) is 0.316. The zero-order valence-electron chi connectivity index (χ0n) is 14.5. The Labute approximate surface area is 152 Å². The van der Waals surface area contributed by atoms with Crippen molar-refractivity contribution in [2.24, 2.45) is 5.41 Å². The monoisotopic (exact) mass is 353 g/mol. The lowest BCUT2D eigenvalue weighted by atomic mass is 9.77. The largest absolute Gasteiger partial charge is 0.481 e. The normalized spacial score (nSPS) is 20.4. The highest BCUT2D eigenvalue weighted by atomic mass is 16.4. The number of hydrogen-bond donors (Lipinski definition) is 3. The summed E-state index contributed by atoms with van der Waals surface area (Å²) in [5.74, 6) is 0.153. The van der Waals surface area contributed by atoms with Gasteiger partial charge in [0.25, 0.3) is 0 Å². The van der Waals surface area contributed by atoms with Gasteiger partial charge >= 0.3 is 5.97 Å². The van der Waals surface area contributed by atoms with E-state index in [0.29, 0.717) is 31.7 Å². The van der Waals surface area contributed by atoms with E-state index >= 15 is 0 Å². The van der Waals surface area contributed by atoms with Gasteiger partial charge in [-0.2, -0.15) is 9.97 Å². The number of rotatable bonds is 5. The number of nitrogen functional groups attached to an aromatic ring is 2. The summed E-state index contributed by atoms with van der Waals surface area (Å²) >= 11 is 0. The molecular formula is C19H23N5O2. The summed E-state index contributed by atoms with van der Waals surface area (Å²) in [7, 11) is 0. The Morgan fingerprint density at radius 1 is 1.27 bits per heavy atom. The van der Waals surface area contributed by atoms with Gasteiger partial charge in [0.2, 0.25) is 5.95 Å². The van der Waals surface area contributed by atoms with E-state index in [1.165, 1.54) is 0 Å². The summed E-state index contributed by atoms with van der Waals surface area (Å²) in [4.78, 5) is 22.1. The number of benzene rings is 1. The minimum Gasteiger partial charge on any atom is -0.481 e. The van der Waals surface area contributed by atoms with Gasteiger partial charge in [-0.15, -0.1) is 0 Å². The minimum absolute atomic E-state index is 0.0930. The Morgan fingerprint density at radius 3 is 2.73 bits per heavy atom. The van der Waals surface area contributed by atoms with Crippen molar-refractivity contribution >= 4 is 29.6 Å². The summed E-state index contributed by atoms with van der Waals surface area (Å²) in [6.45, 7) is 1.07. The number of piperidine rings is 1. The molecule has 1 atom stereocenters. The van der Waals surface area contributed by atoms with Gasteiger partial charge in [-0.25, -0.2) is 0 Å². The molecule has 0 aliphatic carbocycles. The number of carboxylic acid groups (broad SMARTS) is 1. The third kappa shape index (κ3) is 3.93. The van der Waals surface area contributed by atoms with Crippen molar-refractivity contribution in [2.75, 3.05) is 29.5 Å². The molecule has 0 amide bonds. The number of aliphatic carboxylic acids is 1. The molecule has 26 heavy (non-hydrogen) atoms. The van der Waals surface area contributed by atoms with Crippen LogP contribution in [0.4, 0.5) is 17.6 Å². The topological polar surface area (TPSA) is 118 Å². The Balaban J connectivity index is 1.79. The highest BCUT2D eigenvalue weighted by Crippen LogP contribution is 2.36. The number of anilines is 3. The van der Waals surface area contributed by atoms with Crippen LogP contribution >= 0.6 is 0 Å². The van der Waals surface area contributed by atoms with Crippen molar-refractivity contribution < 1.29 is 9.90 Å². The number of carboxylic acids is 1. The lowest BCUT2D eigenvalue weighted by molar-refractivity contribution is -0.149. The summed E-state index contributed by atoms with van der Waals surface area (Å²) in [6.07, 6.45) is 5.73. The van der Waals surface area contributed by atoms with Crippen LogP contribution in [0.25, 0.3) is 6.08 Å². The number of nitrogens with zero attached hydrogens (tertiary/aromatic N) is 3. The third-order valence-electron chi connectivity index (χ3n) is 4.72. The lowest BCUT2D eigenvalue weighted by Gasteiger charge is -2.40. The van der Waals surface area contributed by atoms with Crippen molar-refractivity contribution in [1.82, 2.24) is 9.97 Å². The maximum absolute atomic E-state index is 12.1. The van der Waals surface area contributed by atoms with E-state index in [4.69, 9.17) is 11.5 Å². The second-order valence-corrected chi connectivity index (χ2v) is 6.64. The highest BCUT2D eigenvalue weighted by molar-refractivity contribution is 5.76. The molecule has 1 fully saturated rings. The number of allylic oxidation sites excluding steroid dienone is 1. The van der Waals surface area contributed by atoms with E-state index < -0.39 is 11.4 Å². The van der Waals surface area contributed by atoms with Crippen LogP contribution in [0, 0.1) is 5.41 Å². The minimum atomic E-state index is -0.863. The van der Waals surface area contributed by atoms with Crippen LogP contribution in [0.1, 0.15) is 24.8 Å². The highest BCUT2D eigenvalue weighted by Gasteiger charge is 2.42. The first kappa shape index (κ1) is 17.7. The number of carbonyl (C=O) groups is 1. The van der Waals surface area contributed by atoms with Gasteiger partial charge in [0.1, 0.15) is 11.6 Å². The summed E-state index contributed by atoms with van der Waals surface area (Å²) in [5.41, 5.74) is 11.6. The third-order valence-corrected chi connectivity index (χ3v) is 4.72. The molecule has 7 nitrogen and oxygen atoms in total. The molecule has 2 heterocycles. The molecule has 1 aliphatic rings. The molecule has 0 radical (unpaired) electrons. The van der Waals surface area contributed by atoms with Crippen LogP contribution in [-0.4, -0.2) is 34.1 Å². The van der Waals surface area contributed by atoms with E-state index in [9.17, 15) is 9.90 Å². The first-order chi connectivity index (χ1) is 12.5. The first-order valence-electron chi connectivity index (χ1n) is 8.58. The average molecular weight is 353 g/mol. The number of nitrogens with two attached hydrogens (primary N) is 2. The van der Waals surface area contributed by atoms with Crippen LogP contribution in [0.3, 0.4) is 0 Å². The van der Waals surface area contributed by atoms with Crippen LogP contribution < -0.4 is 16.4 Å². The molecule has 1 aliphatic heterocycles. The lowest BCUT2D eigenvalue weighted by Crippen LogP contribution is -2.48. The molecule has 1 saturated heterocycles. The van der Waals surface area contributed by atoms with E-state index in [-0.39, 0.29) is 11.8 Å². The molecule has 1 unspecified atom stereocenters. The van der Waals surface area contributed by atoms with Gasteiger partial charge in [0, 0.05) is 19.2 Å². The van der Waals surface area contributed by atoms with Crippen molar-refractivity contribution in [2.45, 2.75) is 19.3 Å². The maximum Gasteiger partial charge on any atom is 0.311 e. The fourth-order valence-electron chi connectivity index (χ4n) is 3.37. The molecule has 5 N–H and O–H groups in total. The number of hydrogen-bond acceptors (Lipinski definition) is 6. The van der Waals surface area contributed by atoms with Gasteiger partial charge in [-0.3, -0.25) is 4.79 Å². The summed E-state index contributed by atoms with van der Waals surface area (Å²) in [6, 6.07) is 11.5. The van der Waals surface area contributed by atoms with Crippen molar-refractivity contribution in [3.8, 4) is 0 Å². The predicted octanol–water partition coefficient (Wildman–Crippen LogP) is 2.42. The van der Waals surface area contributed by atoms with Gasteiger partial charge < -0.3 is 21.5 Å². The van der Waals surface area contributed by atoms with E-state index in [1.54, 1.807) is 6.07 Å². The van der Waals surface area contributed by atoms with E-state index in [2.05, 4.69) is 9.97 Å². The smallest absolute Gasteiger partial charge is 0.311 e. The molecule has 0 spiro atoms. The second kappa shape index (κ2) is 7.43. The van der Waals surface area contributed by atoms with Crippen LogP contribution in [0.2, 0.25) is 0 Å². The van der Waals surface area contributed by atoms with Gasteiger partial charge in [-0.05, 0) is 24.8 Å². The summed E-state index contributed by atoms with van der Waals surface area (Å²) in [5, 5.41) is 9.92. The number of aromatic nitrogens is 2. The molecule has 0 bridgehead atoms. The molecule has 0 saturated carbocycles. The Morgan fingerprint density at radius 2 is 2.04 bits per heavy atom. The quantitative estimate of drug-likeness (QED) is 0.755. The van der Waals surface area contributed by atoms with Gasteiger partial charge in [0.15, 0.2) is 0 Å². The van der Waals surface area contributed by atoms with Gasteiger partial charge in [-0.1, -0.05) is 42.5 Å². The predicted molar refractivity (Wildman–Crippen MR) is 102 cm³/mol. The van der Waals surface area contributed by atoms with Crippen molar-refractivity contribution in [3.05, 3.63) is 48.0 Å². The average Bonchev–Trinajstić information content (AvgIpc) is 2.62. The van der Waals surface area contributed by atoms with Crippen LogP contribution in [-0.2, 0) is 4.79 Å². The molecule has 2 aromatic rings. The van der Waals surface area contributed by atoms with Crippen LogP contribution in [0.15, 0.2) is 42.5 Å².